The molecule has 0 aliphatic heterocycles. The highest BCUT2D eigenvalue weighted by atomic mass is 31.2. The number of nitrogens with zero attached hydrogens (tertiary/aromatic N) is 1. The van der Waals surface area contributed by atoms with Gasteiger partial charge in [-0.15, -0.1) is 0 Å². The maximum Gasteiger partial charge on any atom is 0.472 e. The molecule has 2 unspecified atom stereocenters. The van der Waals surface area contributed by atoms with Crippen LogP contribution in [0.3, 0.4) is 0 Å². The number of ether oxygens (including phenoxy) is 2. The topological polar surface area (TPSA) is 108 Å². The third-order valence-electron chi connectivity index (χ3n) is 6.47. The van der Waals surface area contributed by atoms with Gasteiger partial charge in [0.2, 0.25) is 0 Å². The summed E-state index contributed by atoms with van der Waals surface area (Å²) in [5, 5.41) is 0. The number of carbonyl (C=O) groups excluding carboxylic acids is 2. The number of phosphoric ester groups is 1. The summed E-state index contributed by atoms with van der Waals surface area (Å²) in [4.78, 5) is 34.7. The minimum Gasteiger partial charge on any atom is -0.462 e. The van der Waals surface area contributed by atoms with Crippen LogP contribution in [0.1, 0.15) is 117 Å². The largest absolute Gasteiger partial charge is 0.472 e. The fourth-order valence-corrected chi connectivity index (χ4v) is 4.61. The van der Waals surface area contributed by atoms with E-state index in [1.807, 2.05) is 21.1 Å². The summed E-state index contributed by atoms with van der Waals surface area (Å²) in [5.41, 5.74) is 0. The highest BCUT2D eigenvalue weighted by molar-refractivity contribution is 7.47. The molecule has 2 atom stereocenters. The van der Waals surface area contributed by atoms with Crippen molar-refractivity contribution in [1.29, 1.82) is 0 Å². The van der Waals surface area contributed by atoms with E-state index in [9.17, 15) is 19.0 Å². The van der Waals surface area contributed by atoms with Crippen molar-refractivity contribution in [1.82, 2.24) is 0 Å². The van der Waals surface area contributed by atoms with Crippen molar-refractivity contribution >= 4 is 19.8 Å². The van der Waals surface area contributed by atoms with E-state index < -0.39 is 26.5 Å². The van der Waals surface area contributed by atoms with E-state index in [2.05, 4.69) is 38.2 Å². The second-order valence-corrected chi connectivity index (χ2v) is 13.3. The van der Waals surface area contributed by atoms with Crippen molar-refractivity contribution in [3.8, 4) is 0 Å². The standard InChI is InChI=1S/C32H60NO8P/c1-6-8-10-12-13-14-15-16-17-18-19-21-23-25-32(35)41-30(28-38-31(34)24-22-20-11-9-7-2)29-40-42(36,37)39-27-26-33(3,4)5/h10,12,14-15,30H,6-9,11,13,16-29H2,1-5H3/p+1/b12-10-,15-14-. The number of phosphoric acid groups is 1. The van der Waals surface area contributed by atoms with Crippen LogP contribution in [0.4, 0.5) is 0 Å². The first-order chi connectivity index (χ1) is 20.0. The normalized spacial score (nSPS) is 14.3. The van der Waals surface area contributed by atoms with Gasteiger partial charge in [0.15, 0.2) is 6.10 Å². The second-order valence-electron chi connectivity index (χ2n) is 11.8. The number of unbranched alkanes of at least 4 members (excludes halogenated alkanes) is 10. The van der Waals surface area contributed by atoms with Crippen LogP contribution in [-0.2, 0) is 32.7 Å². The summed E-state index contributed by atoms with van der Waals surface area (Å²) in [6.45, 7) is 4.20. The van der Waals surface area contributed by atoms with Crippen molar-refractivity contribution in [3.05, 3.63) is 24.3 Å². The molecule has 1 N–H and O–H groups in total. The molecule has 246 valence electrons. The zero-order valence-electron chi connectivity index (χ0n) is 27.2. The third-order valence-corrected chi connectivity index (χ3v) is 7.45. The first-order valence-corrected chi connectivity index (χ1v) is 17.6. The first kappa shape index (κ1) is 40.5. The van der Waals surface area contributed by atoms with E-state index >= 15 is 0 Å². The Morgan fingerprint density at radius 1 is 0.738 bits per heavy atom. The van der Waals surface area contributed by atoms with Crippen LogP contribution in [0, 0.1) is 0 Å². The third kappa shape index (κ3) is 28.6. The van der Waals surface area contributed by atoms with Gasteiger partial charge in [0, 0.05) is 12.8 Å². The molecule has 0 aromatic heterocycles. The van der Waals surface area contributed by atoms with Gasteiger partial charge in [-0.05, 0) is 38.5 Å². The maximum absolute atomic E-state index is 12.5. The predicted molar refractivity (Wildman–Crippen MR) is 169 cm³/mol. The number of esters is 2. The number of rotatable bonds is 28. The average molecular weight is 619 g/mol. The number of quaternary nitrogens is 1. The molecule has 0 amide bonds. The Balaban J connectivity index is 4.49. The molecule has 0 aromatic rings. The lowest BCUT2D eigenvalue weighted by atomic mass is 10.1. The van der Waals surface area contributed by atoms with Gasteiger partial charge < -0.3 is 18.9 Å². The number of allylic oxidation sites excluding steroid dienone is 4. The Labute approximate surface area is 256 Å². The molecule has 0 aromatic carbocycles. The Hall–Kier alpha value is -1.51. The molecular weight excluding hydrogens is 557 g/mol. The quantitative estimate of drug-likeness (QED) is 0.0313. The van der Waals surface area contributed by atoms with Crippen molar-refractivity contribution < 1.29 is 42.1 Å². The van der Waals surface area contributed by atoms with E-state index in [1.165, 1.54) is 6.42 Å². The van der Waals surface area contributed by atoms with Crippen LogP contribution in [0.15, 0.2) is 24.3 Å². The molecule has 0 saturated carbocycles. The van der Waals surface area contributed by atoms with Crippen molar-refractivity contribution in [3.63, 3.8) is 0 Å². The second kappa shape index (κ2) is 25.9. The van der Waals surface area contributed by atoms with Crippen LogP contribution in [-0.4, -0.2) is 74.9 Å². The molecule has 0 bridgehead atoms. The van der Waals surface area contributed by atoms with Gasteiger partial charge in [0.1, 0.15) is 19.8 Å². The van der Waals surface area contributed by atoms with E-state index in [0.29, 0.717) is 17.4 Å². The first-order valence-electron chi connectivity index (χ1n) is 16.1. The van der Waals surface area contributed by atoms with E-state index in [1.54, 1.807) is 0 Å². The molecule has 0 fully saturated rings. The monoisotopic (exact) mass is 618 g/mol. The lowest BCUT2D eigenvalue weighted by molar-refractivity contribution is -0.870. The number of carbonyl (C=O) groups is 2. The summed E-state index contributed by atoms with van der Waals surface area (Å²) < 4.78 is 33.8. The molecule has 10 heteroatoms. The molecule has 0 heterocycles. The van der Waals surface area contributed by atoms with Crippen LogP contribution in [0.5, 0.6) is 0 Å². The molecule has 9 nitrogen and oxygen atoms in total. The summed E-state index contributed by atoms with van der Waals surface area (Å²) in [5.74, 6) is -0.835. The number of hydrogen-bond donors (Lipinski definition) is 1. The van der Waals surface area contributed by atoms with Gasteiger partial charge in [0.25, 0.3) is 0 Å². The van der Waals surface area contributed by atoms with Crippen molar-refractivity contribution in [2.24, 2.45) is 0 Å². The smallest absolute Gasteiger partial charge is 0.462 e. The van der Waals surface area contributed by atoms with Crippen LogP contribution >= 0.6 is 7.82 Å². The van der Waals surface area contributed by atoms with Gasteiger partial charge in [-0.1, -0.05) is 89.5 Å². The van der Waals surface area contributed by atoms with Crippen LogP contribution in [0.25, 0.3) is 0 Å². The SMILES string of the molecule is CCC/C=C\C/C=C\CCCCCCCC(=O)OC(COC(=O)CCCCCCC)COP(=O)(O)OCC[N+](C)(C)C. The summed E-state index contributed by atoms with van der Waals surface area (Å²) in [7, 11) is 1.46. The molecule has 0 rings (SSSR count). The highest BCUT2D eigenvalue weighted by Crippen LogP contribution is 2.43. The van der Waals surface area contributed by atoms with E-state index in [-0.39, 0.29) is 32.0 Å². The van der Waals surface area contributed by atoms with Crippen molar-refractivity contribution in [2.45, 2.75) is 123 Å². The molecule has 0 aliphatic rings. The Bertz CT molecular complexity index is 794. The fraction of sp³-hybridized carbons (Fsp3) is 0.812. The number of hydrogen-bond acceptors (Lipinski definition) is 7. The highest BCUT2D eigenvalue weighted by Gasteiger charge is 2.27. The van der Waals surface area contributed by atoms with Crippen LogP contribution in [0.2, 0.25) is 0 Å². The molecule has 0 aliphatic carbocycles. The number of likely N-dealkylation sites (N-methyl/N-ethyl adjacent to an activating group) is 1. The Morgan fingerprint density at radius 2 is 1.33 bits per heavy atom. The van der Waals surface area contributed by atoms with Gasteiger partial charge in [0.05, 0.1) is 27.7 Å². The zero-order valence-corrected chi connectivity index (χ0v) is 28.1. The predicted octanol–water partition coefficient (Wildman–Crippen LogP) is 7.68. The molecule has 0 saturated heterocycles. The minimum absolute atomic E-state index is 0.0292. The van der Waals surface area contributed by atoms with Crippen LogP contribution < -0.4 is 0 Å². The van der Waals surface area contributed by atoms with Gasteiger partial charge >= 0.3 is 19.8 Å². The average Bonchev–Trinajstić information content (AvgIpc) is 2.91. The molecule has 0 spiro atoms. The van der Waals surface area contributed by atoms with Crippen molar-refractivity contribution in [2.75, 3.05) is 47.5 Å². The summed E-state index contributed by atoms with van der Waals surface area (Å²) >= 11 is 0. The lowest BCUT2D eigenvalue weighted by Crippen LogP contribution is -2.37. The lowest BCUT2D eigenvalue weighted by Gasteiger charge is -2.24. The maximum atomic E-state index is 12.5. The summed E-state index contributed by atoms with van der Waals surface area (Å²) in [6, 6.07) is 0. The minimum atomic E-state index is -4.35. The van der Waals surface area contributed by atoms with E-state index in [4.69, 9.17) is 18.5 Å². The van der Waals surface area contributed by atoms with Gasteiger partial charge in [-0.3, -0.25) is 18.6 Å². The van der Waals surface area contributed by atoms with Gasteiger partial charge in [-0.2, -0.15) is 0 Å². The zero-order chi connectivity index (χ0) is 31.5. The molecular formula is C32H61NO8P+. The van der Waals surface area contributed by atoms with E-state index in [0.717, 1.165) is 77.0 Å². The molecule has 0 radical (unpaired) electrons. The molecule has 42 heavy (non-hydrogen) atoms. The summed E-state index contributed by atoms with van der Waals surface area (Å²) in [6.07, 6.45) is 22.7. The van der Waals surface area contributed by atoms with Gasteiger partial charge in [-0.25, -0.2) is 4.57 Å². The fourth-order valence-electron chi connectivity index (χ4n) is 3.87. The Morgan fingerprint density at radius 3 is 1.98 bits per heavy atom. The Kier molecular flexibility index (Phi) is 25.0.